The molecule has 1 aromatic carbocycles. The monoisotopic (exact) mass is 377 g/mol. The minimum Gasteiger partial charge on any atom is -0.495 e. The first-order valence-corrected chi connectivity index (χ1v) is 9.29. The van der Waals surface area contributed by atoms with E-state index in [-0.39, 0.29) is 5.56 Å². The molecule has 0 amide bonds. The fraction of sp³-hybridized carbons (Fsp3) is 0.286. The summed E-state index contributed by atoms with van der Waals surface area (Å²) in [5.74, 6) is 1.57. The predicted octanol–water partition coefficient (Wildman–Crippen LogP) is 2.18. The van der Waals surface area contributed by atoms with Gasteiger partial charge in [0.15, 0.2) is 0 Å². The number of nitrogens with zero attached hydrogens (tertiary/aromatic N) is 5. The number of hydrogen-bond acceptors (Lipinski definition) is 6. The van der Waals surface area contributed by atoms with Gasteiger partial charge >= 0.3 is 0 Å². The highest BCUT2D eigenvalue weighted by Crippen LogP contribution is 2.29. The lowest BCUT2D eigenvalue weighted by Crippen LogP contribution is -2.48. The molecule has 0 saturated carbocycles. The van der Waals surface area contributed by atoms with Crippen LogP contribution in [0.2, 0.25) is 0 Å². The SMILES string of the molecule is COc1ccccc1N1CCN(c2nc(-c3ccncc3)cc(=O)n2C)CC1. The summed E-state index contributed by atoms with van der Waals surface area (Å²) < 4.78 is 7.11. The molecule has 2 aromatic heterocycles. The molecule has 0 N–H and O–H groups in total. The number of para-hydroxylation sites is 2. The Kier molecular flexibility index (Phi) is 4.97. The maximum absolute atomic E-state index is 12.5. The zero-order valence-electron chi connectivity index (χ0n) is 16.1. The summed E-state index contributed by atoms with van der Waals surface area (Å²) in [4.78, 5) is 25.8. The molecule has 7 heteroatoms. The van der Waals surface area contributed by atoms with E-state index >= 15 is 0 Å². The van der Waals surface area contributed by atoms with Gasteiger partial charge < -0.3 is 14.5 Å². The number of methoxy groups -OCH3 is 1. The standard InChI is InChI=1S/C21H23N5O2/c1-24-20(27)15-17(16-7-9-22-10-8-16)23-21(24)26-13-11-25(12-14-26)18-5-3-4-6-19(18)28-2/h3-10,15H,11-14H2,1-2H3. The van der Waals surface area contributed by atoms with Crippen molar-refractivity contribution in [2.45, 2.75) is 0 Å². The van der Waals surface area contributed by atoms with E-state index in [1.807, 2.05) is 30.3 Å². The van der Waals surface area contributed by atoms with Crippen molar-refractivity contribution in [2.24, 2.45) is 7.05 Å². The third-order valence-corrected chi connectivity index (χ3v) is 5.08. The zero-order chi connectivity index (χ0) is 19.5. The quantitative estimate of drug-likeness (QED) is 0.694. The van der Waals surface area contributed by atoms with Crippen molar-refractivity contribution in [2.75, 3.05) is 43.1 Å². The van der Waals surface area contributed by atoms with Crippen LogP contribution in [-0.2, 0) is 7.05 Å². The van der Waals surface area contributed by atoms with Crippen LogP contribution in [0.15, 0.2) is 59.7 Å². The number of benzene rings is 1. The van der Waals surface area contributed by atoms with Crippen LogP contribution >= 0.6 is 0 Å². The molecule has 3 aromatic rings. The number of pyridine rings is 1. The molecule has 0 bridgehead atoms. The Morgan fingerprint density at radius 2 is 1.64 bits per heavy atom. The summed E-state index contributed by atoms with van der Waals surface area (Å²) in [5.41, 5.74) is 2.59. The minimum atomic E-state index is -0.0658. The first kappa shape index (κ1) is 18.0. The number of piperazine rings is 1. The highest BCUT2D eigenvalue weighted by Gasteiger charge is 2.22. The van der Waals surface area contributed by atoms with Gasteiger partial charge in [0, 0.05) is 57.3 Å². The van der Waals surface area contributed by atoms with E-state index in [0.717, 1.165) is 43.2 Å². The summed E-state index contributed by atoms with van der Waals surface area (Å²) in [6, 6.07) is 13.4. The zero-order valence-corrected chi connectivity index (χ0v) is 16.1. The summed E-state index contributed by atoms with van der Waals surface area (Å²) in [7, 11) is 3.47. The second kappa shape index (κ2) is 7.72. The predicted molar refractivity (Wildman–Crippen MR) is 110 cm³/mol. The molecule has 144 valence electrons. The Labute approximate surface area is 163 Å². The topological polar surface area (TPSA) is 63.5 Å². The van der Waals surface area contributed by atoms with E-state index < -0.39 is 0 Å². The smallest absolute Gasteiger partial charge is 0.255 e. The van der Waals surface area contributed by atoms with E-state index in [2.05, 4.69) is 20.9 Å². The number of ether oxygens (including phenoxy) is 1. The van der Waals surface area contributed by atoms with Crippen molar-refractivity contribution in [1.82, 2.24) is 14.5 Å². The van der Waals surface area contributed by atoms with Gasteiger partial charge in [0.1, 0.15) is 5.75 Å². The molecule has 1 aliphatic rings. The molecule has 3 heterocycles. The summed E-state index contributed by atoms with van der Waals surface area (Å²) in [5, 5.41) is 0. The summed E-state index contributed by atoms with van der Waals surface area (Å²) >= 11 is 0. The maximum atomic E-state index is 12.5. The van der Waals surface area contributed by atoms with Crippen LogP contribution in [0.3, 0.4) is 0 Å². The molecule has 4 rings (SSSR count). The van der Waals surface area contributed by atoms with Crippen molar-refractivity contribution < 1.29 is 4.74 Å². The molecular formula is C21H23N5O2. The van der Waals surface area contributed by atoms with Crippen LogP contribution in [0.1, 0.15) is 0 Å². The van der Waals surface area contributed by atoms with Crippen LogP contribution < -0.4 is 20.1 Å². The van der Waals surface area contributed by atoms with E-state index in [9.17, 15) is 4.79 Å². The van der Waals surface area contributed by atoms with Crippen LogP contribution in [0.5, 0.6) is 5.75 Å². The van der Waals surface area contributed by atoms with Crippen molar-refractivity contribution in [3.63, 3.8) is 0 Å². The molecule has 0 radical (unpaired) electrons. The number of rotatable bonds is 4. The molecule has 0 unspecified atom stereocenters. The molecule has 28 heavy (non-hydrogen) atoms. The van der Waals surface area contributed by atoms with Crippen LogP contribution in [0.4, 0.5) is 11.6 Å². The van der Waals surface area contributed by atoms with E-state index in [4.69, 9.17) is 9.72 Å². The molecule has 0 aliphatic carbocycles. The maximum Gasteiger partial charge on any atom is 0.255 e. The average Bonchev–Trinajstić information content (AvgIpc) is 2.76. The average molecular weight is 377 g/mol. The first-order chi connectivity index (χ1) is 13.7. The number of anilines is 2. The second-order valence-corrected chi connectivity index (χ2v) is 6.72. The van der Waals surface area contributed by atoms with Crippen LogP contribution in [0.25, 0.3) is 11.3 Å². The Bertz CT molecular complexity index is 1010. The van der Waals surface area contributed by atoms with Gasteiger partial charge in [0.05, 0.1) is 18.5 Å². The van der Waals surface area contributed by atoms with Crippen molar-refractivity contribution >= 4 is 11.6 Å². The fourth-order valence-corrected chi connectivity index (χ4v) is 3.52. The van der Waals surface area contributed by atoms with E-state index in [1.165, 1.54) is 0 Å². The first-order valence-electron chi connectivity index (χ1n) is 9.29. The van der Waals surface area contributed by atoms with Crippen LogP contribution in [0, 0.1) is 0 Å². The third-order valence-electron chi connectivity index (χ3n) is 5.08. The highest BCUT2D eigenvalue weighted by atomic mass is 16.5. The lowest BCUT2D eigenvalue weighted by atomic mass is 10.2. The molecular weight excluding hydrogens is 354 g/mol. The molecule has 1 fully saturated rings. The van der Waals surface area contributed by atoms with Gasteiger partial charge in [-0.25, -0.2) is 4.98 Å². The summed E-state index contributed by atoms with van der Waals surface area (Å²) in [6.45, 7) is 3.21. The van der Waals surface area contributed by atoms with Gasteiger partial charge in [-0.1, -0.05) is 12.1 Å². The van der Waals surface area contributed by atoms with Gasteiger partial charge in [-0.05, 0) is 24.3 Å². The number of aromatic nitrogens is 3. The Hall–Kier alpha value is -3.35. The molecule has 1 aliphatic heterocycles. The van der Waals surface area contributed by atoms with E-state index in [0.29, 0.717) is 11.6 Å². The summed E-state index contributed by atoms with van der Waals surface area (Å²) in [6.07, 6.45) is 3.42. The Morgan fingerprint density at radius 1 is 0.964 bits per heavy atom. The Balaban J connectivity index is 1.58. The van der Waals surface area contributed by atoms with Gasteiger partial charge in [-0.3, -0.25) is 14.3 Å². The van der Waals surface area contributed by atoms with Crippen molar-refractivity contribution in [3.8, 4) is 17.0 Å². The highest BCUT2D eigenvalue weighted by molar-refractivity contribution is 5.61. The lowest BCUT2D eigenvalue weighted by molar-refractivity contribution is 0.413. The lowest BCUT2D eigenvalue weighted by Gasteiger charge is -2.37. The van der Waals surface area contributed by atoms with Gasteiger partial charge in [-0.2, -0.15) is 0 Å². The van der Waals surface area contributed by atoms with Gasteiger partial charge in [0.2, 0.25) is 5.95 Å². The second-order valence-electron chi connectivity index (χ2n) is 6.72. The molecule has 7 nitrogen and oxygen atoms in total. The van der Waals surface area contributed by atoms with Crippen LogP contribution in [-0.4, -0.2) is 47.8 Å². The molecule has 1 saturated heterocycles. The van der Waals surface area contributed by atoms with Crippen molar-refractivity contribution in [1.29, 1.82) is 0 Å². The van der Waals surface area contributed by atoms with Gasteiger partial charge in [-0.15, -0.1) is 0 Å². The van der Waals surface area contributed by atoms with Crippen molar-refractivity contribution in [3.05, 3.63) is 65.2 Å². The number of hydrogen-bond donors (Lipinski definition) is 0. The Morgan fingerprint density at radius 3 is 2.36 bits per heavy atom. The fourth-order valence-electron chi connectivity index (χ4n) is 3.52. The molecule has 0 atom stereocenters. The van der Waals surface area contributed by atoms with E-state index in [1.54, 1.807) is 37.2 Å². The minimum absolute atomic E-state index is 0.0658. The van der Waals surface area contributed by atoms with Gasteiger partial charge in [0.25, 0.3) is 5.56 Å². The normalized spacial score (nSPS) is 14.2. The molecule has 0 spiro atoms. The largest absolute Gasteiger partial charge is 0.495 e. The third kappa shape index (κ3) is 3.43.